The molecule has 1 aromatic carbocycles. The zero-order valence-electron chi connectivity index (χ0n) is 8.39. The van der Waals surface area contributed by atoms with E-state index in [0.717, 1.165) is 32.0 Å². The van der Waals surface area contributed by atoms with Crippen LogP contribution in [0.4, 0.5) is 5.69 Å². The number of nitrogens with one attached hydrogen (secondary N) is 1. The Labute approximate surface area is 103 Å². The minimum atomic E-state index is 0. The van der Waals surface area contributed by atoms with Crippen LogP contribution < -0.4 is 5.43 Å². The molecule has 1 heterocycles. The summed E-state index contributed by atoms with van der Waals surface area (Å²) in [5.41, 5.74) is 4.48. The second kappa shape index (κ2) is 7.77. The molecular weight excluding hydrogens is 235 g/mol. The highest BCUT2D eigenvalue weighted by atomic mass is 35.5. The van der Waals surface area contributed by atoms with E-state index >= 15 is 0 Å². The largest absolute Gasteiger partial charge is 0.379 e. The predicted octanol–water partition coefficient (Wildman–Crippen LogP) is 2.19. The second-order valence-electron chi connectivity index (χ2n) is 3.08. The fourth-order valence-electron chi connectivity index (χ4n) is 1.37. The molecule has 2 rings (SSSR count). The summed E-state index contributed by atoms with van der Waals surface area (Å²) >= 11 is 0. The van der Waals surface area contributed by atoms with Gasteiger partial charge in [-0.05, 0) is 12.1 Å². The molecule has 1 saturated heterocycles. The summed E-state index contributed by atoms with van der Waals surface area (Å²) in [6.45, 7) is 3.55. The van der Waals surface area contributed by atoms with Crippen molar-refractivity contribution in [1.82, 2.24) is 5.01 Å². The molecule has 5 heteroatoms. The monoisotopic (exact) mass is 250 g/mol. The standard InChI is InChI=1S/C10H14N2O.2ClH/c1-2-4-10(5-3-1)11-12-6-8-13-9-7-12;;/h1-5,11H,6-9H2;2*1H. The van der Waals surface area contributed by atoms with E-state index in [-0.39, 0.29) is 24.8 Å². The fourth-order valence-corrected chi connectivity index (χ4v) is 1.37. The van der Waals surface area contributed by atoms with Crippen molar-refractivity contribution >= 4 is 30.5 Å². The molecule has 0 spiro atoms. The van der Waals surface area contributed by atoms with Crippen LogP contribution in [-0.4, -0.2) is 31.3 Å². The summed E-state index contributed by atoms with van der Waals surface area (Å²) < 4.78 is 5.26. The van der Waals surface area contributed by atoms with E-state index in [2.05, 4.69) is 22.6 Å². The quantitative estimate of drug-likeness (QED) is 0.872. The lowest BCUT2D eigenvalue weighted by Gasteiger charge is -2.27. The number of morpholine rings is 1. The number of hydrogen-bond acceptors (Lipinski definition) is 3. The molecular formula is C10H16Cl2N2O. The third kappa shape index (κ3) is 4.71. The van der Waals surface area contributed by atoms with Gasteiger partial charge in [-0.25, -0.2) is 5.01 Å². The van der Waals surface area contributed by atoms with Crippen molar-refractivity contribution < 1.29 is 4.74 Å². The molecule has 0 aromatic heterocycles. The number of para-hydroxylation sites is 1. The Bertz CT molecular complexity index is 253. The Morgan fingerprint density at radius 2 is 1.60 bits per heavy atom. The van der Waals surface area contributed by atoms with Gasteiger partial charge in [0.05, 0.1) is 13.2 Å². The minimum Gasteiger partial charge on any atom is -0.379 e. The van der Waals surface area contributed by atoms with Gasteiger partial charge in [0.25, 0.3) is 0 Å². The van der Waals surface area contributed by atoms with Gasteiger partial charge in [0, 0.05) is 18.8 Å². The van der Waals surface area contributed by atoms with Crippen LogP contribution in [0.2, 0.25) is 0 Å². The summed E-state index contributed by atoms with van der Waals surface area (Å²) in [6, 6.07) is 10.2. The molecule has 1 aromatic rings. The summed E-state index contributed by atoms with van der Waals surface area (Å²) in [5.74, 6) is 0. The molecule has 0 saturated carbocycles. The first-order chi connectivity index (χ1) is 6.45. The molecule has 1 N–H and O–H groups in total. The molecule has 0 bridgehead atoms. The van der Waals surface area contributed by atoms with Crippen molar-refractivity contribution in [3.05, 3.63) is 30.3 Å². The van der Waals surface area contributed by atoms with Crippen molar-refractivity contribution in [3.8, 4) is 0 Å². The van der Waals surface area contributed by atoms with E-state index in [4.69, 9.17) is 4.74 Å². The topological polar surface area (TPSA) is 24.5 Å². The number of ether oxygens (including phenoxy) is 1. The third-order valence-corrected chi connectivity index (χ3v) is 2.07. The molecule has 0 amide bonds. The molecule has 1 aliphatic heterocycles. The van der Waals surface area contributed by atoms with Crippen LogP contribution in [0.5, 0.6) is 0 Å². The molecule has 0 unspecified atom stereocenters. The van der Waals surface area contributed by atoms with Crippen LogP contribution in [0.3, 0.4) is 0 Å². The Balaban J connectivity index is 0.000000980. The highest BCUT2D eigenvalue weighted by Gasteiger charge is 2.08. The molecule has 0 aliphatic carbocycles. The van der Waals surface area contributed by atoms with Gasteiger partial charge in [-0.2, -0.15) is 0 Å². The summed E-state index contributed by atoms with van der Waals surface area (Å²) in [4.78, 5) is 0. The average Bonchev–Trinajstić information content (AvgIpc) is 2.21. The van der Waals surface area contributed by atoms with E-state index < -0.39 is 0 Å². The molecule has 0 radical (unpaired) electrons. The number of halogens is 2. The maximum Gasteiger partial charge on any atom is 0.0612 e. The van der Waals surface area contributed by atoms with Crippen molar-refractivity contribution in [2.45, 2.75) is 0 Å². The Morgan fingerprint density at radius 3 is 2.20 bits per heavy atom. The third-order valence-electron chi connectivity index (χ3n) is 2.07. The maximum atomic E-state index is 5.26. The van der Waals surface area contributed by atoms with Gasteiger partial charge in [0.2, 0.25) is 0 Å². The van der Waals surface area contributed by atoms with Crippen LogP contribution in [0.15, 0.2) is 30.3 Å². The van der Waals surface area contributed by atoms with Crippen molar-refractivity contribution in [3.63, 3.8) is 0 Å². The summed E-state index contributed by atoms with van der Waals surface area (Å²) in [6.07, 6.45) is 0. The second-order valence-corrected chi connectivity index (χ2v) is 3.08. The molecule has 0 atom stereocenters. The van der Waals surface area contributed by atoms with Gasteiger partial charge >= 0.3 is 0 Å². The Kier molecular flexibility index (Phi) is 7.52. The first-order valence-electron chi connectivity index (χ1n) is 4.59. The van der Waals surface area contributed by atoms with Crippen LogP contribution in [-0.2, 0) is 4.74 Å². The molecule has 1 fully saturated rings. The molecule has 1 aliphatic rings. The van der Waals surface area contributed by atoms with E-state index in [9.17, 15) is 0 Å². The lowest BCUT2D eigenvalue weighted by Crippen LogP contribution is -2.40. The van der Waals surface area contributed by atoms with E-state index in [1.54, 1.807) is 0 Å². The zero-order chi connectivity index (χ0) is 8.93. The number of nitrogens with zero attached hydrogens (tertiary/aromatic N) is 1. The Morgan fingerprint density at radius 1 is 1.00 bits per heavy atom. The van der Waals surface area contributed by atoms with Crippen LogP contribution >= 0.6 is 24.8 Å². The summed E-state index contributed by atoms with van der Waals surface area (Å²) in [7, 11) is 0. The average molecular weight is 251 g/mol. The first-order valence-corrected chi connectivity index (χ1v) is 4.59. The van der Waals surface area contributed by atoms with E-state index in [1.807, 2.05) is 18.2 Å². The fraction of sp³-hybridized carbons (Fsp3) is 0.400. The van der Waals surface area contributed by atoms with Gasteiger partial charge in [-0.3, -0.25) is 0 Å². The minimum absolute atomic E-state index is 0. The molecule has 86 valence electrons. The van der Waals surface area contributed by atoms with Gasteiger partial charge in [-0.15, -0.1) is 24.8 Å². The van der Waals surface area contributed by atoms with Crippen molar-refractivity contribution in [2.75, 3.05) is 31.7 Å². The SMILES string of the molecule is Cl.Cl.c1ccc(NN2CCOCC2)cc1. The van der Waals surface area contributed by atoms with Crippen LogP contribution in [0.1, 0.15) is 0 Å². The maximum absolute atomic E-state index is 5.26. The van der Waals surface area contributed by atoms with Gasteiger partial charge < -0.3 is 10.2 Å². The normalized spacial score (nSPS) is 16.0. The van der Waals surface area contributed by atoms with Gasteiger partial charge in [0.1, 0.15) is 0 Å². The number of anilines is 1. The van der Waals surface area contributed by atoms with Crippen molar-refractivity contribution in [2.24, 2.45) is 0 Å². The van der Waals surface area contributed by atoms with Crippen LogP contribution in [0.25, 0.3) is 0 Å². The zero-order valence-corrected chi connectivity index (χ0v) is 10.0. The highest BCUT2D eigenvalue weighted by Crippen LogP contribution is 2.07. The van der Waals surface area contributed by atoms with E-state index in [0.29, 0.717) is 0 Å². The van der Waals surface area contributed by atoms with Crippen LogP contribution in [0, 0.1) is 0 Å². The predicted molar refractivity (Wildman–Crippen MR) is 67.0 cm³/mol. The molecule has 15 heavy (non-hydrogen) atoms. The number of benzene rings is 1. The lowest BCUT2D eigenvalue weighted by atomic mass is 10.3. The lowest BCUT2D eigenvalue weighted by molar-refractivity contribution is 0.0497. The summed E-state index contributed by atoms with van der Waals surface area (Å²) in [5, 5.41) is 2.18. The number of rotatable bonds is 2. The number of hydrazine groups is 1. The molecule has 3 nitrogen and oxygen atoms in total. The Hall–Kier alpha value is -0.480. The first kappa shape index (κ1) is 14.5. The van der Waals surface area contributed by atoms with E-state index in [1.165, 1.54) is 0 Å². The highest BCUT2D eigenvalue weighted by molar-refractivity contribution is 5.85. The van der Waals surface area contributed by atoms with Gasteiger partial charge in [0.15, 0.2) is 0 Å². The van der Waals surface area contributed by atoms with Crippen molar-refractivity contribution in [1.29, 1.82) is 0 Å². The smallest absolute Gasteiger partial charge is 0.0612 e. The number of hydrogen-bond donors (Lipinski definition) is 1. The van der Waals surface area contributed by atoms with Gasteiger partial charge in [-0.1, -0.05) is 18.2 Å².